The number of aliphatic carboxylic acids is 1. The fourth-order valence-electron chi connectivity index (χ4n) is 1.89. The van der Waals surface area contributed by atoms with Crippen molar-refractivity contribution in [1.82, 2.24) is 4.90 Å². The lowest BCUT2D eigenvalue weighted by Crippen LogP contribution is -2.50. The quantitative estimate of drug-likeness (QED) is 0.733. The van der Waals surface area contributed by atoms with Gasteiger partial charge < -0.3 is 5.11 Å². The zero-order valence-corrected chi connectivity index (χ0v) is 8.75. The van der Waals surface area contributed by atoms with Crippen LogP contribution in [0, 0.1) is 0 Å². The summed E-state index contributed by atoms with van der Waals surface area (Å²) in [7, 11) is 0. The molecule has 0 atom stereocenters. The van der Waals surface area contributed by atoms with Crippen molar-refractivity contribution in [2.45, 2.75) is 38.6 Å². The first-order valence-electron chi connectivity index (χ1n) is 4.90. The van der Waals surface area contributed by atoms with E-state index in [1.807, 2.05) is 13.8 Å². The summed E-state index contributed by atoms with van der Waals surface area (Å²) in [5.41, 5.74) is -0.176. The first-order valence-corrected chi connectivity index (χ1v) is 4.90. The highest BCUT2D eigenvalue weighted by molar-refractivity contribution is 5.80. The van der Waals surface area contributed by atoms with E-state index < -0.39 is 5.97 Å². The van der Waals surface area contributed by atoms with Crippen LogP contribution in [0.3, 0.4) is 0 Å². The average molecular weight is 199 g/mol. The standard InChI is InChI=1S/C10H17NO3/c1-10(2)7-8(12)3-5-11(10)6-4-9(13)14/h3-7H2,1-2H3,(H,13,14). The predicted molar refractivity (Wildman–Crippen MR) is 52.1 cm³/mol. The van der Waals surface area contributed by atoms with Gasteiger partial charge in [0.2, 0.25) is 0 Å². The molecule has 14 heavy (non-hydrogen) atoms. The molecule has 0 radical (unpaired) electrons. The van der Waals surface area contributed by atoms with Gasteiger partial charge in [-0.1, -0.05) is 0 Å². The first kappa shape index (κ1) is 11.2. The fraction of sp³-hybridized carbons (Fsp3) is 0.800. The predicted octanol–water partition coefficient (Wildman–Crippen LogP) is 0.905. The zero-order valence-electron chi connectivity index (χ0n) is 8.75. The Hall–Kier alpha value is -0.900. The third kappa shape index (κ3) is 2.80. The van der Waals surface area contributed by atoms with Crippen LogP contribution in [-0.4, -0.2) is 40.4 Å². The second kappa shape index (κ2) is 4.09. The summed E-state index contributed by atoms with van der Waals surface area (Å²) in [6.45, 7) is 5.21. The molecule has 0 amide bonds. The smallest absolute Gasteiger partial charge is 0.304 e. The Kier molecular flexibility index (Phi) is 3.26. The van der Waals surface area contributed by atoms with E-state index in [4.69, 9.17) is 5.11 Å². The molecule has 0 spiro atoms. The minimum Gasteiger partial charge on any atom is -0.481 e. The number of hydrogen-bond acceptors (Lipinski definition) is 3. The molecular formula is C10H17NO3. The number of nitrogens with zero attached hydrogens (tertiary/aromatic N) is 1. The second-order valence-electron chi connectivity index (χ2n) is 4.41. The Labute approximate surface area is 83.9 Å². The number of likely N-dealkylation sites (tertiary alicyclic amines) is 1. The Morgan fingerprint density at radius 1 is 1.57 bits per heavy atom. The summed E-state index contributed by atoms with van der Waals surface area (Å²) >= 11 is 0. The maximum absolute atomic E-state index is 11.2. The van der Waals surface area contributed by atoms with Crippen molar-refractivity contribution in [3.05, 3.63) is 0 Å². The minimum atomic E-state index is -0.780. The topological polar surface area (TPSA) is 57.6 Å². The molecule has 1 saturated heterocycles. The average Bonchev–Trinajstić information content (AvgIpc) is 2.00. The molecule has 1 heterocycles. The summed E-state index contributed by atoms with van der Waals surface area (Å²) in [5.74, 6) is -0.501. The van der Waals surface area contributed by atoms with Crippen LogP contribution in [-0.2, 0) is 9.59 Å². The molecule has 0 bridgehead atoms. The molecule has 1 rings (SSSR count). The van der Waals surface area contributed by atoms with Gasteiger partial charge >= 0.3 is 5.97 Å². The number of carboxylic acid groups (broad SMARTS) is 1. The molecule has 0 aromatic rings. The highest BCUT2D eigenvalue weighted by atomic mass is 16.4. The van der Waals surface area contributed by atoms with E-state index in [1.54, 1.807) is 0 Å². The van der Waals surface area contributed by atoms with Crippen molar-refractivity contribution >= 4 is 11.8 Å². The third-order valence-electron chi connectivity index (χ3n) is 2.74. The highest BCUT2D eigenvalue weighted by Gasteiger charge is 2.33. The number of ketones is 1. The molecular weight excluding hydrogens is 182 g/mol. The van der Waals surface area contributed by atoms with Gasteiger partial charge in [-0.3, -0.25) is 14.5 Å². The van der Waals surface area contributed by atoms with Crippen LogP contribution in [0.15, 0.2) is 0 Å². The highest BCUT2D eigenvalue weighted by Crippen LogP contribution is 2.25. The zero-order chi connectivity index (χ0) is 10.8. The SMILES string of the molecule is CC1(C)CC(=O)CCN1CCC(=O)O. The lowest BCUT2D eigenvalue weighted by Gasteiger charge is -2.41. The van der Waals surface area contributed by atoms with Crippen LogP contribution < -0.4 is 0 Å². The van der Waals surface area contributed by atoms with Crippen molar-refractivity contribution in [2.75, 3.05) is 13.1 Å². The molecule has 0 unspecified atom stereocenters. The van der Waals surface area contributed by atoms with E-state index in [0.29, 0.717) is 25.9 Å². The van der Waals surface area contributed by atoms with Crippen molar-refractivity contribution in [3.63, 3.8) is 0 Å². The number of carbonyl (C=O) groups excluding carboxylic acids is 1. The summed E-state index contributed by atoms with van der Waals surface area (Å²) in [6, 6.07) is 0. The van der Waals surface area contributed by atoms with Gasteiger partial charge in [-0.2, -0.15) is 0 Å². The number of carboxylic acids is 1. The van der Waals surface area contributed by atoms with Gasteiger partial charge in [0, 0.05) is 31.5 Å². The normalized spacial score (nSPS) is 22.3. The van der Waals surface area contributed by atoms with Gasteiger partial charge in [0.05, 0.1) is 6.42 Å². The second-order valence-corrected chi connectivity index (χ2v) is 4.41. The van der Waals surface area contributed by atoms with Crippen LogP contribution >= 0.6 is 0 Å². The Morgan fingerprint density at radius 3 is 2.71 bits per heavy atom. The van der Waals surface area contributed by atoms with E-state index >= 15 is 0 Å². The van der Waals surface area contributed by atoms with Crippen molar-refractivity contribution in [2.24, 2.45) is 0 Å². The fourth-order valence-corrected chi connectivity index (χ4v) is 1.89. The van der Waals surface area contributed by atoms with Gasteiger partial charge in [0.1, 0.15) is 5.78 Å². The van der Waals surface area contributed by atoms with E-state index in [1.165, 1.54) is 0 Å². The van der Waals surface area contributed by atoms with Crippen LogP contribution in [0.25, 0.3) is 0 Å². The third-order valence-corrected chi connectivity index (χ3v) is 2.74. The molecule has 1 N–H and O–H groups in total. The van der Waals surface area contributed by atoms with E-state index in [0.717, 1.165) is 0 Å². The molecule has 0 saturated carbocycles. The number of piperidine rings is 1. The monoisotopic (exact) mass is 199 g/mol. The summed E-state index contributed by atoms with van der Waals surface area (Å²) in [5, 5.41) is 8.57. The Morgan fingerprint density at radius 2 is 2.21 bits per heavy atom. The van der Waals surface area contributed by atoms with Crippen LogP contribution in [0.2, 0.25) is 0 Å². The number of rotatable bonds is 3. The number of Topliss-reactive ketones (excluding diaryl/α,β-unsaturated/α-hetero) is 1. The van der Waals surface area contributed by atoms with Gasteiger partial charge in [-0.05, 0) is 13.8 Å². The van der Waals surface area contributed by atoms with Gasteiger partial charge in [-0.25, -0.2) is 0 Å². The lowest BCUT2D eigenvalue weighted by atomic mass is 9.89. The first-order chi connectivity index (χ1) is 6.42. The van der Waals surface area contributed by atoms with Crippen LogP contribution in [0.1, 0.15) is 33.1 Å². The molecule has 0 aliphatic carbocycles. The Bertz CT molecular complexity index is 248. The molecule has 0 aromatic carbocycles. The van der Waals surface area contributed by atoms with E-state index in [2.05, 4.69) is 4.90 Å². The van der Waals surface area contributed by atoms with Crippen LogP contribution in [0.4, 0.5) is 0 Å². The van der Waals surface area contributed by atoms with E-state index in [-0.39, 0.29) is 17.7 Å². The minimum absolute atomic E-state index is 0.150. The summed E-state index contributed by atoms with van der Waals surface area (Å²) in [6.07, 6.45) is 1.24. The molecule has 1 aliphatic heterocycles. The molecule has 4 heteroatoms. The molecule has 1 aliphatic rings. The van der Waals surface area contributed by atoms with Crippen molar-refractivity contribution < 1.29 is 14.7 Å². The van der Waals surface area contributed by atoms with Gasteiger partial charge in [0.15, 0.2) is 0 Å². The van der Waals surface area contributed by atoms with Gasteiger partial charge in [0.25, 0.3) is 0 Å². The largest absolute Gasteiger partial charge is 0.481 e. The molecule has 80 valence electrons. The molecule has 1 fully saturated rings. The van der Waals surface area contributed by atoms with Crippen molar-refractivity contribution in [1.29, 1.82) is 0 Å². The summed E-state index contributed by atoms with van der Waals surface area (Å²) < 4.78 is 0. The molecule has 0 aromatic heterocycles. The maximum atomic E-state index is 11.2. The summed E-state index contributed by atoms with van der Waals surface area (Å²) in [4.78, 5) is 23.7. The van der Waals surface area contributed by atoms with Crippen molar-refractivity contribution in [3.8, 4) is 0 Å². The maximum Gasteiger partial charge on any atom is 0.304 e. The Balaban J connectivity index is 2.51. The number of carbonyl (C=O) groups is 2. The lowest BCUT2D eigenvalue weighted by molar-refractivity contribution is -0.137. The van der Waals surface area contributed by atoms with E-state index in [9.17, 15) is 9.59 Å². The van der Waals surface area contributed by atoms with Gasteiger partial charge in [-0.15, -0.1) is 0 Å². The van der Waals surface area contributed by atoms with Crippen LogP contribution in [0.5, 0.6) is 0 Å². The molecule has 4 nitrogen and oxygen atoms in total. The number of hydrogen-bond donors (Lipinski definition) is 1.